The Morgan fingerprint density at radius 1 is 1.37 bits per heavy atom. The van der Waals surface area contributed by atoms with Gasteiger partial charge in [-0.3, -0.25) is 0 Å². The number of hydrogen-bond acceptors (Lipinski definition) is 4. The van der Waals surface area contributed by atoms with Gasteiger partial charge < -0.3 is 20.9 Å². The zero-order valence-corrected chi connectivity index (χ0v) is 11.4. The third kappa shape index (κ3) is 2.98. The van der Waals surface area contributed by atoms with Gasteiger partial charge in [-0.05, 0) is 38.8 Å². The summed E-state index contributed by atoms with van der Waals surface area (Å²) in [5, 5.41) is 22.0. The number of piperidine rings is 1. The van der Waals surface area contributed by atoms with Gasteiger partial charge >= 0.3 is 0 Å². The molecule has 2 rings (SSSR count). The van der Waals surface area contributed by atoms with E-state index < -0.39 is 5.60 Å². The summed E-state index contributed by atoms with van der Waals surface area (Å²) in [7, 11) is 0. The standard InChI is InChI=1S/C14H21N3O2/c1-10-3-4-12(11(9-10)13(15)16-19)17-7-5-14(2,18)6-8-17/h3-4,9,18-19H,5-8H2,1-2H3,(H2,15,16). The lowest BCUT2D eigenvalue weighted by Gasteiger charge is -2.38. The summed E-state index contributed by atoms with van der Waals surface area (Å²) in [6, 6.07) is 5.91. The van der Waals surface area contributed by atoms with E-state index in [1.807, 2.05) is 32.0 Å². The molecule has 5 nitrogen and oxygen atoms in total. The van der Waals surface area contributed by atoms with Crippen molar-refractivity contribution in [1.82, 2.24) is 0 Å². The minimum Gasteiger partial charge on any atom is -0.409 e. The Morgan fingerprint density at radius 2 is 2.00 bits per heavy atom. The molecule has 0 unspecified atom stereocenters. The van der Waals surface area contributed by atoms with Crippen molar-refractivity contribution in [3.8, 4) is 0 Å². The normalized spacial score (nSPS) is 19.5. The minimum absolute atomic E-state index is 0.121. The predicted molar refractivity (Wildman–Crippen MR) is 75.8 cm³/mol. The van der Waals surface area contributed by atoms with Crippen molar-refractivity contribution in [2.45, 2.75) is 32.3 Å². The van der Waals surface area contributed by atoms with Crippen LogP contribution in [0.1, 0.15) is 30.9 Å². The van der Waals surface area contributed by atoms with E-state index >= 15 is 0 Å². The fraction of sp³-hybridized carbons (Fsp3) is 0.500. The summed E-state index contributed by atoms with van der Waals surface area (Å²) in [6.07, 6.45) is 1.44. The van der Waals surface area contributed by atoms with Gasteiger partial charge in [0.15, 0.2) is 5.84 Å². The summed E-state index contributed by atoms with van der Waals surface area (Å²) in [5.74, 6) is 0.121. The van der Waals surface area contributed by atoms with Gasteiger partial charge in [-0.2, -0.15) is 0 Å². The van der Waals surface area contributed by atoms with Crippen molar-refractivity contribution in [1.29, 1.82) is 0 Å². The molecule has 1 saturated heterocycles. The Hall–Kier alpha value is -1.75. The smallest absolute Gasteiger partial charge is 0.172 e. The summed E-state index contributed by atoms with van der Waals surface area (Å²) in [6.45, 7) is 5.37. The maximum absolute atomic E-state index is 9.99. The first-order chi connectivity index (χ1) is 8.93. The number of benzene rings is 1. The van der Waals surface area contributed by atoms with Crippen LogP contribution in [0.2, 0.25) is 0 Å². The maximum atomic E-state index is 9.99. The number of rotatable bonds is 2. The van der Waals surface area contributed by atoms with Crippen molar-refractivity contribution in [3.05, 3.63) is 29.3 Å². The van der Waals surface area contributed by atoms with Crippen LogP contribution in [0.5, 0.6) is 0 Å². The molecule has 4 N–H and O–H groups in total. The molecule has 5 heteroatoms. The van der Waals surface area contributed by atoms with Gasteiger partial charge in [-0.15, -0.1) is 0 Å². The molecule has 0 spiro atoms. The van der Waals surface area contributed by atoms with Crippen LogP contribution in [0.25, 0.3) is 0 Å². The Kier molecular flexibility index (Phi) is 3.66. The molecule has 0 radical (unpaired) electrons. The Morgan fingerprint density at radius 3 is 2.58 bits per heavy atom. The fourth-order valence-corrected chi connectivity index (χ4v) is 2.41. The molecule has 104 valence electrons. The van der Waals surface area contributed by atoms with E-state index in [4.69, 9.17) is 10.9 Å². The third-order valence-electron chi connectivity index (χ3n) is 3.72. The quantitative estimate of drug-likeness (QED) is 0.326. The van der Waals surface area contributed by atoms with Crippen LogP contribution in [0, 0.1) is 6.92 Å². The summed E-state index contributed by atoms with van der Waals surface area (Å²) < 4.78 is 0. The number of aliphatic hydroxyl groups is 1. The van der Waals surface area contributed by atoms with Gasteiger partial charge in [0.05, 0.1) is 5.60 Å². The van der Waals surface area contributed by atoms with Crippen LogP contribution in [-0.2, 0) is 0 Å². The molecule has 1 aromatic rings. The SMILES string of the molecule is Cc1ccc(N2CCC(C)(O)CC2)c(/C(N)=N/O)c1. The summed E-state index contributed by atoms with van der Waals surface area (Å²) >= 11 is 0. The van der Waals surface area contributed by atoms with Crippen LogP contribution in [0.3, 0.4) is 0 Å². The number of amidine groups is 1. The third-order valence-corrected chi connectivity index (χ3v) is 3.72. The molecule has 0 bridgehead atoms. The van der Waals surface area contributed by atoms with Gasteiger partial charge in [0, 0.05) is 24.3 Å². The van der Waals surface area contributed by atoms with Gasteiger partial charge in [-0.25, -0.2) is 0 Å². The lowest BCUT2D eigenvalue weighted by Crippen LogP contribution is -2.43. The summed E-state index contributed by atoms with van der Waals surface area (Å²) in [5.41, 5.74) is 7.92. The molecule has 0 amide bonds. The molecule has 0 saturated carbocycles. The number of aryl methyl sites for hydroxylation is 1. The van der Waals surface area contributed by atoms with Crippen LogP contribution in [0.4, 0.5) is 5.69 Å². The highest BCUT2D eigenvalue weighted by Gasteiger charge is 2.28. The first-order valence-corrected chi connectivity index (χ1v) is 6.49. The molecule has 19 heavy (non-hydrogen) atoms. The first-order valence-electron chi connectivity index (χ1n) is 6.49. The van der Waals surface area contributed by atoms with Crippen LogP contribution in [0.15, 0.2) is 23.4 Å². The zero-order chi connectivity index (χ0) is 14.0. The van der Waals surface area contributed by atoms with Crippen LogP contribution >= 0.6 is 0 Å². The van der Waals surface area contributed by atoms with Crippen LogP contribution < -0.4 is 10.6 Å². The average Bonchev–Trinajstić information content (AvgIpc) is 2.38. The molecule has 1 aliphatic rings. The molecule has 1 fully saturated rings. The molecule has 1 aliphatic heterocycles. The van der Waals surface area contributed by atoms with E-state index in [1.165, 1.54) is 0 Å². The molecule has 1 aromatic carbocycles. The zero-order valence-electron chi connectivity index (χ0n) is 11.4. The fourth-order valence-electron chi connectivity index (χ4n) is 2.41. The number of hydrogen-bond donors (Lipinski definition) is 3. The van der Waals surface area contributed by atoms with E-state index in [9.17, 15) is 5.11 Å². The van der Waals surface area contributed by atoms with E-state index in [0.717, 1.165) is 42.7 Å². The van der Waals surface area contributed by atoms with Crippen molar-refractivity contribution >= 4 is 11.5 Å². The van der Waals surface area contributed by atoms with Crippen molar-refractivity contribution in [3.63, 3.8) is 0 Å². The van der Waals surface area contributed by atoms with Gasteiger partial charge in [0.2, 0.25) is 0 Å². The largest absolute Gasteiger partial charge is 0.409 e. The number of oxime groups is 1. The molecular formula is C14H21N3O2. The van der Waals surface area contributed by atoms with Gasteiger partial charge in [0.25, 0.3) is 0 Å². The van der Waals surface area contributed by atoms with Crippen molar-refractivity contribution in [2.24, 2.45) is 10.9 Å². The highest BCUT2D eigenvalue weighted by Crippen LogP contribution is 2.28. The second-order valence-corrected chi connectivity index (χ2v) is 5.49. The lowest BCUT2D eigenvalue weighted by molar-refractivity contribution is 0.0351. The number of nitrogens with zero attached hydrogens (tertiary/aromatic N) is 2. The molecule has 0 atom stereocenters. The maximum Gasteiger partial charge on any atom is 0.172 e. The summed E-state index contributed by atoms with van der Waals surface area (Å²) in [4.78, 5) is 2.17. The van der Waals surface area contributed by atoms with E-state index in [1.54, 1.807) is 0 Å². The Bertz CT molecular complexity index is 487. The Labute approximate surface area is 113 Å². The second-order valence-electron chi connectivity index (χ2n) is 5.49. The topological polar surface area (TPSA) is 82.1 Å². The van der Waals surface area contributed by atoms with Gasteiger partial charge in [0.1, 0.15) is 0 Å². The number of anilines is 1. The second kappa shape index (κ2) is 5.09. The minimum atomic E-state index is -0.585. The van der Waals surface area contributed by atoms with Crippen molar-refractivity contribution in [2.75, 3.05) is 18.0 Å². The average molecular weight is 263 g/mol. The van der Waals surface area contributed by atoms with Crippen LogP contribution in [-0.4, -0.2) is 34.8 Å². The molecule has 0 aliphatic carbocycles. The molecule has 1 heterocycles. The Balaban J connectivity index is 2.30. The van der Waals surface area contributed by atoms with Gasteiger partial charge in [-0.1, -0.05) is 16.8 Å². The van der Waals surface area contributed by atoms with Crippen molar-refractivity contribution < 1.29 is 10.3 Å². The highest BCUT2D eigenvalue weighted by atomic mass is 16.4. The molecular weight excluding hydrogens is 242 g/mol. The monoisotopic (exact) mass is 263 g/mol. The van der Waals surface area contributed by atoms with E-state index in [2.05, 4.69) is 10.1 Å². The molecule has 0 aromatic heterocycles. The van der Waals surface area contributed by atoms with E-state index in [-0.39, 0.29) is 5.84 Å². The lowest BCUT2D eigenvalue weighted by atomic mass is 9.93. The predicted octanol–water partition coefficient (Wildman–Crippen LogP) is 1.44. The van der Waals surface area contributed by atoms with E-state index in [0.29, 0.717) is 0 Å². The first kappa shape index (κ1) is 13.7. The highest BCUT2D eigenvalue weighted by molar-refractivity contribution is 6.02. The number of nitrogens with two attached hydrogens (primary N) is 1.